The number of hydrogen-bond acceptors (Lipinski definition) is 6. The van der Waals surface area contributed by atoms with Crippen molar-refractivity contribution >= 4 is 17.6 Å². The van der Waals surface area contributed by atoms with Crippen molar-refractivity contribution in [1.29, 1.82) is 0 Å². The van der Waals surface area contributed by atoms with Crippen LogP contribution in [0, 0.1) is 0 Å². The van der Waals surface area contributed by atoms with Gasteiger partial charge in [0.05, 0.1) is 17.9 Å². The van der Waals surface area contributed by atoms with Gasteiger partial charge in [0, 0.05) is 45.1 Å². The van der Waals surface area contributed by atoms with Gasteiger partial charge in [0.1, 0.15) is 0 Å². The molecule has 0 aliphatic carbocycles. The van der Waals surface area contributed by atoms with E-state index in [4.69, 9.17) is 0 Å². The Labute approximate surface area is 121 Å². The highest BCUT2D eigenvalue weighted by Gasteiger charge is 2.23. The molecular weight excluding hydrogens is 274 g/mol. The van der Waals surface area contributed by atoms with Crippen LogP contribution in [0.25, 0.3) is 0 Å². The summed E-state index contributed by atoms with van der Waals surface area (Å²) in [6, 6.07) is 4.05. The van der Waals surface area contributed by atoms with Gasteiger partial charge < -0.3 is 4.90 Å². The van der Waals surface area contributed by atoms with E-state index in [9.17, 15) is 4.79 Å². The number of carbonyl (C=O) groups is 1. The Kier molecular flexibility index (Phi) is 3.98. The van der Waals surface area contributed by atoms with Crippen LogP contribution in [0.2, 0.25) is 0 Å². The quantitative estimate of drug-likeness (QED) is 0.840. The third-order valence-corrected chi connectivity index (χ3v) is 3.87. The standard InChI is InChI=1S/C13H15N5OS/c19-13(12-9-15-20-16-12)18-7-5-17(6-8-18)10-11-1-3-14-4-2-11/h1-4,9H,5-8,10H2. The predicted molar refractivity (Wildman–Crippen MR) is 75.3 cm³/mol. The van der Waals surface area contributed by atoms with Gasteiger partial charge in [0.2, 0.25) is 0 Å². The molecule has 0 atom stereocenters. The fourth-order valence-corrected chi connectivity index (χ4v) is 2.68. The second kappa shape index (κ2) is 6.06. The van der Waals surface area contributed by atoms with Crippen molar-refractivity contribution in [2.45, 2.75) is 6.54 Å². The van der Waals surface area contributed by atoms with Gasteiger partial charge in [-0.1, -0.05) is 0 Å². The summed E-state index contributed by atoms with van der Waals surface area (Å²) < 4.78 is 7.87. The summed E-state index contributed by atoms with van der Waals surface area (Å²) in [5, 5.41) is 0. The molecule has 3 heterocycles. The van der Waals surface area contributed by atoms with Crippen LogP contribution in [0.4, 0.5) is 0 Å². The maximum Gasteiger partial charge on any atom is 0.275 e. The summed E-state index contributed by atoms with van der Waals surface area (Å²) in [6.07, 6.45) is 5.16. The Morgan fingerprint density at radius 1 is 1.20 bits per heavy atom. The molecule has 7 heteroatoms. The molecule has 20 heavy (non-hydrogen) atoms. The van der Waals surface area contributed by atoms with Gasteiger partial charge in [-0.3, -0.25) is 14.7 Å². The Bertz CT molecular complexity index is 551. The minimum Gasteiger partial charge on any atom is -0.335 e. The summed E-state index contributed by atoms with van der Waals surface area (Å²) in [7, 11) is 0. The average Bonchev–Trinajstić information content (AvgIpc) is 3.03. The van der Waals surface area contributed by atoms with Crippen LogP contribution in [-0.2, 0) is 6.54 Å². The fraction of sp³-hybridized carbons (Fsp3) is 0.385. The van der Waals surface area contributed by atoms with E-state index in [-0.39, 0.29) is 5.91 Å². The van der Waals surface area contributed by atoms with Gasteiger partial charge in [-0.2, -0.15) is 8.75 Å². The Morgan fingerprint density at radius 2 is 1.95 bits per heavy atom. The maximum atomic E-state index is 12.1. The first-order valence-corrected chi connectivity index (χ1v) is 7.24. The minimum absolute atomic E-state index is 0.0117. The molecule has 0 spiro atoms. The number of rotatable bonds is 3. The first-order valence-electron chi connectivity index (χ1n) is 6.51. The number of carbonyl (C=O) groups excluding carboxylic acids is 1. The van der Waals surface area contributed by atoms with Crippen molar-refractivity contribution in [3.05, 3.63) is 42.0 Å². The maximum absolute atomic E-state index is 12.1. The van der Waals surface area contributed by atoms with Crippen LogP contribution in [0.1, 0.15) is 16.1 Å². The van der Waals surface area contributed by atoms with Crippen LogP contribution >= 0.6 is 11.7 Å². The third kappa shape index (κ3) is 3.00. The molecule has 0 saturated carbocycles. The smallest absolute Gasteiger partial charge is 0.275 e. The van der Waals surface area contributed by atoms with Crippen LogP contribution in [0.3, 0.4) is 0 Å². The normalized spacial score (nSPS) is 16.3. The fourth-order valence-electron chi connectivity index (χ4n) is 2.28. The zero-order valence-corrected chi connectivity index (χ0v) is 11.8. The summed E-state index contributed by atoms with van der Waals surface area (Å²) in [6.45, 7) is 4.14. The number of hydrogen-bond donors (Lipinski definition) is 0. The molecule has 1 amide bonds. The highest BCUT2D eigenvalue weighted by Crippen LogP contribution is 2.10. The predicted octanol–water partition coefficient (Wildman–Crippen LogP) is 0.891. The van der Waals surface area contributed by atoms with E-state index in [2.05, 4.69) is 18.6 Å². The van der Waals surface area contributed by atoms with E-state index in [0.29, 0.717) is 5.69 Å². The third-order valence-electron chi connectivity index (χ3n) is 3.40. The van der Waals surface area contributed by atoms with E-state index in [1.54, 1.807) is 0 Å². The number of pyridine rings is 1. The summed E-state index contributed by atoms with van der Waals surface area (Å²) in [5.41, 5.74) is 1.71. The van der Waals surface area contributed by atoms with Gasteiger partial charge in [-0.05, 0) is 17.7 Å². The lowest BCUT2D eigenvalue weighted by Gasteiger charge is -2.34. The van der Waals surface area contributed by atoms with Crippen molar-refractivity contribution in [3.8, 4) is 0 Å². The number of aromatic nitrogens is 3. The molecule has 1 fully saturated rings. The van der Waals surface area contributed by atoms with E-state index < -0.39 is 0 Å². The zero-order chi connectivity index (χ0) is 13.8. The average molecular weight is 289 g/mol. The second-order valence-corrected chi connectivity index (χ2v) is 5.27. The number of nitrogens with zero attached hydrogens (tertiary/aromatic N) is 5. The lowest BCUT2D eigenvalue weighted by molar-refractivity contribution is 0.0624. The Hall–Kier alpha value is -1.86. The summed E-state index contributed by atoms with van der Waals surface area (Å²) >= 11 is 1.07. The summed E-state index contributed by atoms with van der Waals surface area (Å²) in [5.74, 6) is -0.0117. The van der Waals surface area contributed by atoms with E-state index in [1.165, 1.54) is 11.8 Å². The number of piperazine rings is 1. The van der Waals surface area contributed by atoms with Gasteiger partial charge in [-0.15, -0.1) is 0 Å². The van der Waals surface area contributed by atoms with Gasteiger partial charge in [0.15, 0.2) is 5.69 Å². The van der Waals surface area contributed by atoms with E-state index >= 15 is 0 Å². The topological polar surface area (TPSA) is 62.2 Å². The molecule has 2 aromatic heterocycles. The monoisotopic (exact) mass is 289 g/mol. The summed E-state index contributed by atoms with van der Waals surface area (Å²) in [4.78, 5) is 20.3. The van der Waals surface area contributed by atoms with Crippen molar-refractivity contribution in [1.82, 2.24) is 23.5 Å². The highest BCUT2D eigenvalue weighted by molar-refractivity contribution is 6.99. The molecule has 3 rings (SSSR count). The molecular formula is C13H15N5OS. The van der Waals surface area contributed by atoms with Gasteiger partial charge >= 0.3 is 0 Å². The molecule has 2 aromatic rings. The molecule has 0 unspecified atom stereocenters. The van der Waals surface area contributed by atoms with Crippen molar-refractivity contribution in [3.63, 3.8) is 0 Å². The van der Waals surface area contributed by atoms with Crippen LogP contribution in [0.5, 0.6) is 0 Å². The lowest BCUT2D eigenvalue weighted by Crippen LogP contribution is -2.48. The molecule has 104 valence electrons. The van der Waals surface area contributed by atoms with E-state index in [1.807, 2.05) is 29.4 Å². The largest absolute Gasteiger partial charge is 0.335 e. The molecule has 0 radical (unpaired) electrons. The van der Waals surface area contributed by atoms with Gasteiger partial charge in [-0.25, -0.2) is 0 Å². The lowest BCUT2D eigenvalue weighted by atomic mass is 10.2. The molecule has 0 bridgehead atoms. The van der Waals surface area contributed by atoms with Crippen LogP contribution < -0.4 is 0 Å². The second-order valence-electron chi connectivity index (χ2n) is 4.72. The first-order chi connectivity index (χ1) is 9.83. The van der Waals surface area contributed by atoms with Crippen molar-refractivity contribution in [2.75, 3.05) is 26.2 Å². The zero-order valence-electron chi connectivity index (χ0n) is 11.0. The Morgan fingerprint density at radius 3 is 2.60 bits per heavy atom. The van der Waals surface area contributed by atoms with Crippen LogP contribution in [-0.4, -0.2) is 55.6 Å². The molecule has 6 nitrogen and oxygen atoms in total. The first kappa shape index (κ1) is 13.1. The van der Waals surface area contributed by atoms with E-state index in [0.717, 1.165) is 44.5 Å². The van der Waals surface area contributed by atoms with Gasteiger partial charge in [0.25, 0.3) is 5.91 Å². The highest BCUT2D eigenvalue weighted by atomic mass is 32.1. The minimum atomic E-state index is -0.0117. The molecule has 0 aromatic carbocycles. The van der Waals surface area contributed by atoms with Crippen molar-refractivity contribution < 1.29 is 4.79 Å². The van der Waals surface area contributed by atoms with Crippen molar-refractivity contribution in [2.24, 2.45) is 0 Å². The van der Waals surface area contributed by atoms with Crippen LogP contribution in [0.15, 0.2) is 30.7 Å². The molecule has 1 saturated heterocycles. The molecule has 1 aliphatic heterocycles. The molecule has 0 N–H and O–H groups in total. The number of amides is 1. The molecule has 1 aliphatic rings. The SMILES string of the molecule is O=C(c1cnsn1)N1CCN(Cc2ccncc2)CC1. The Balaban J connectivity index is 1.53.